The molecule has 4 nitrogen and oxygen atoms in total. The van der Waals surface area contributed by atoms with E-state index >= 15 is 0 Å². The van der Waals surface area contributed by atoms with E-state index < -0.39 is 6.10 Å². The topological polar surface area (TPSA) is 52.6 Å². The summed E-state index contributed by atoms with van der Waals surface area (Å²) in [6, 6.07) is 7.77. The van der Waals surface area contributed by atoms with Gasteiger partial charge in [0.05, 0.1) is 6.10 Å². The number of carbonyl (C=O) groups is 1. The Kier molecular flexibility index (Phi) is 5.82. The molecule has 1 amide bonds. The zero-order valence-corrected chi connectivity index (χ0v) is 11.3. The highest BCUT2D eigenvalue weighted by atomic mass is 16.3. The number of rotatable bonds is 6. The third-order valence-corrected chi connectivity index (χ3v) is 2.57. The van der Waals surface area contributed by atoms with Crippen LogP contribution in [0.1, 0.15) is 25.3 Å². The molecule has 1 rings (SSSR count). The molecule has 0 aromatic heterocycles. The number of hydrogen-bond donors (Lipinski definition) is 2. The van der Waals surface area contributed by atoms with Crippen molar-refractivity contribution in [2.24, 2.45) is 0 Å². The van der Waals surface area contributed by atoms with Crippen LogP contribution >= 0.6 is 0 Å². The number of aliphatic hydroxyl groups is 1. The Bertz CT molecular complexity index is 389. The Labute approximate surface area is 109 Å². The maximum absolute atomic E-state index is 11.7. The number of carbonyl (C=O) groups excluding carboxylic acids is 1. The summed E-state index contributed by atoms with van der Waals surface area (Å²) in [4.78, 5) is 13.8. The molecular formula is C14H22N2O2. The van der Waals surface area contributed by atoms with Gasteiger partial charge in [0, 0.05) is 18.7 Å². The van der Waals surface area contributed by atoms with E-state index in [2.05, 4.69) is 10.2 Å². The molecule has 0 saturated heterocycles. The summed E-state index contributed by atoms with van der Waals surface area (Å²) in [5.74, 6) is -0.0536. The molecule has 0 spiro atoms. The molecule has 2 N–H and O–H groups in total. The monoisotopic (exact) mass is 250 g/mol. The minimum atomic E-state index is -0.437. The summed E-state index contributed by atoms with van der Waals surface area (Å²) in [5, 5.41) is 12.0. The second kappa shape index (κ2) is 7.13. The molecule has 4 heteroatoms. The summed E-state index contributed by atoms with van der Waals surface area (Å²) in [5.41, 5.74) is 1.94. The number of anilines is 1. The van der Waals surface area contributed by atoms with Gasteiger partial charge < -0.3 is 15.3 Å². The van der Waals surface area contributed by atoms with Gasteiger partial charge >= 0.3 is 0 Å². The lowest BCUT2D eigenvalue weighted by Gasteiger charge is -2.15. The van der Waals surface area contributed by atoms with Gasteiger partial charge in [-0.1, -0.05) is 18.2 Å². The van der Waals surface area contributed by atoms with E-state index in [1.54, 1.807) is 6.92 Å². The van der Waals surface area contributed by atoms with Crippen LogP contribution in [-0.2, 0) is 11.3 Å². The van der Waals surface area contributed by atoms with Crippen LogP contribution in [0.25, 0.3) is 0 Å². The average molecular weight is 250 g/mol. The van der Waals surface area contributed by atoms with Gasteiger partial charge in [-0.05, 0) is 39.1 Å². The second-order valence-electron chi connectivity index (χ2n) is 4.83. The largest absolute Gasteiger partial charge is 0.393 e. The first kappa shape index (κ1) is 14.7. The third kappa shape index (κ3) is 5.29. The molecule has 0 fully saturated rings. The molecule has 0 saturated carbocycles. The predicted octanol–water partition coefficient (Wildman–Crippen LogP) is 1.85. The standard InChI is InChI=1S/C14H22N2O2/c1-11(17)8-9-14(18)15-13-7-5-4-6-12(13)10-16(2)3/h4-7,11,17H,8-10H2,1-3H3,(H,15,18). The minimum Gasteiger partial charge on any atom is -0.393 e. The fraction of sp³-hybridized carbons (Fsp3) is 0.500. The van der Waals surface area contributed by atoms with Gasteiger partial charge in [0.2, 0.25) is 5.91 Å². The number of aliphatic hydroxyl groups excluding tert-OH is 1. The zero-order valence-electron chi connectivity index (χ0n) is 11.3. The van der Waals surface area contributed by atoms with Crippen LogP contribution in [0.15, 0.2) is 24.3 Å². The molecule has 0 aliphatic rings. The van der Waals surface area contributed by atoms with Crippen LogP contribution in [0.2, 0.25) is 0 Å². The molecule has 0 bridgehead atoms. The first-order chi connectivity index (χ1) is 8.49. The van der Waals surface area contributed by atoms with Gasteiger partial charge in [0.1, 0.15) is 0 Å². The van der Waals surface area contributed by atoms with Gasteiger partial charge in [-0.25, -0.2) is 0 Å². The Morgan fingerprint density at radius 2 is 2.06 bits per heavy atom. The van der Waals surface area contributed by atoms with Crippen molar-refractivity contribution in [2.45, 2.75) is 32.4 Å². The van der Waals surface area contributed by atoms with Gasteiger partial charge in [-0.3, -0.25) is 4.79 Å². The lowest BCUT2D eigenvalue weighted by molar-refractivity contribution is -0.116. The van der Waals surface area contributed by atoms with Crippen LogP contribution in [0, 0.1) is 0 Å². The van der Waals surface area contributed by atoms with E-state index in [1.165, 1.54) is 0 Å². The van der Waals surface area contributed by atoms with Crippen molar-refractivity contribution < 1.29 is 9.90 Å². The maximum atomic E-state index is 11.7. The van der Waals surface area contributed by atoms with E-state index in [-0.39, 0.29) is 5.91 Å². The van der Waals surface area contributed by atoms with E-state index in [4.69, 9.17) is 5.11 Å². The van der Waals surface area contributed by atoms with Gasteiger partial charge in [0.15, 0.2) is 0 Å². The lowest BCUT2D eigenvalue weighted by atomic mass is 10.1. The normalized spacial score (nSPS) is 12.5. The van der Waals surface area contributed by atoms with Crippen molar-refractivity contribution in [3.05, 3.63) is 29.8 Å². The van der Waals surface area contributed by atoms with Crippen LogP contribution in [0.4, 0.5) is 5.69 Å². The summed E-state index contributed by atoms with van der Waals surface area (Å²) in [6.07, 6.45) is 0.392. The Morgan fingerprint density at radius 1 is 1.39 bits per heavy atom. The Hall–Kier alpha value is -1.39. The van der Waals surface area contributed by atoms with Gasteiger partial charge in [-0.15, -0.1) is 0 Å². The molecule has 1 atom stereocenters. The average Bonchev–Trinajstić information content (AvgIpc) is 2.28. The molecule has 1 aromatic rings. The van der Waals surface area contributed by atoms with Crippen LogP contribution < -0.4 is 5.32 Å². The van der Waals surface area contributed by atoms with E-state index in [0.717, 1.165) is 17.8 Å². The number of nitrogens with one attached hydrogen (secondary N) is 1. The Morgan fingerprint density at radius 3 is 2.67 bits per heavy atom. The second-order valence-corrected chi connectivity index (χ2v) is 4.83. The SMILES string of the molecule is CC(O)CCC(=O)Nc1ccccc1CN(C)C. The Balaban J connectivity index is 2.63. The summed E-state index contributed by atoms with van der Waals surface area (Å²) >= 11 is 0. The van der Waals surface area contributed by atoms with Crippen molar-refractivity contribution in [1.82, 2.24) is 4.90 Å². The summed E-state index contributed by atoms with van der Waals surface area (Å²) < 4.78 is 0. The van der Waals surface area contributed by atoms with Crippen molar-refractivity contribution in [2.75, 3.05) is 19.4 Å². The first-order valence-corrected chi connectivity index (χ1v) is 6.19. The molecule has 18 heavy (non-hydrogen) atoms. The number of para-hydroxylation sites is 1. The predicted molar refractivity (Wildman–Crippen MR) is 73.4 cm³/mol. The van der Waals surface area contributed by atoms with Gasteiger partial charge in [-0.2, -0.15) is 0 Å². The fourth-order valence-corrected chi connectivity index (χ4v) is 1.67. The summed E-state index contributed by atoms with van der Waals surface area (Å²) in [7, 11) is 3.98. The van der Waals surface area contributed by atoms with E-state index in [0.29, 0.717) is 12.8 Å². The van der Waals surface area contributed by atoms with E-state index in [1.807, 2.05) is 38.4 Å². The molecule has 1 aromatic carbocycles. The van der Waals surface area contributed by atoms with Crippen LogP contribution in [0.5, 0.6) is 0 Å². The minimum absolute atomic E-state index is 0.0536. The highest BCUT2D eigenvalue weighted by Crippen LogP contribution is 2.16. The van der Waals surface area contributed by atoms with Crippen LogP contribution in [0.3, 0.4) is 0 Å². The highest BCUT2D eigenvalue weighted by Gasteiger charge is 2.08. The van der Waals surface area contributed by atoms with E-state index in [9.17, 15) is 4.79 Å². The molecule has 0 aliphatic carbocycles. The number of amides is 1. The van der Waals surface area contributed by atoms with Crippen molar-refractivity contribution >= 4 is 11.6 Å². The molecule has 100 valence electrons. The van der Waals surface area contributed by atoms with Crippen molar-refractivity contribution in [3.63, 3.8) is 0 Å². The smallest absolute Gasteiger partial charge is 0.224 e. The quantitative estimate of drug-likeness (QED) is 0.810. The fourth-order valence-electron chi connectivity index (χ4n) is 1.67. The number of nitrogens with zero attached hydrogens (tertiary/aromatic N) is 1. The van der Waals surface area contributed by atoms with Crippen molar-refractivity contribution in [1.29, 1.82) is 0 Å². The van der Waals surface area contributed by atoms with Crippen molar-refractivity contribution in [3.8, 4) is 0 Å². The zero-order chi connectivity index (χ0) is 13.5. The first-order valence-electron chi connectivity index (χ1n) is 6.19. The molecule has 0 heterocycles. The number of hydrogen-bond acceptors (Lipinski definition) is 3. The number of benzene rings is 1. The summed E-state index contributed by atoms with van der Waals surface area (Å²) in [6.45, 7) is 2.47. The van der Waals surface area contributed by atoms with Gasteiger partial charge in [0.25, 0.3) is 0 Å². The maximum Gasteiger partial charge on any atom is 0.224 e. The lowest BCUT2D eigenvalue weighted by Crippen LogP contribution is -2.17. The molecule has 1 unspecified atom stereocenters. The third-order valence-electron chi connectivity index (χ3n) is 2.57. The molecule has 0 radical (unpaired) electrons. The molecule has 0 aliphatic heterocycles. The highest BCUT2D eigenvalue weighted by molar-refractivity contribution is 5.91. The van der Waals surface area contributed by atoms with Crippen LogP contribution in [-0.4, -0.2) is 36.1 Å². The molecular weight excluding hydrogens is 228 g/mol.